The highest BCUT2D eigenvalue weighted by Gasteiger charge is 2.33. The number of benzene rings is 2. The lowest BCUT2D eigenvalue weighted by atomic mass is 10.0. The first kappa shape index (κ1) is 23.2. The minimum atomic E-state index is -0.299. The minimum Gasteiger partial charge on any atom is -0.493 e. The van der Waals surface area contributed by atoms with Crippen LogP contribution in [0.5, 0.6) is 23.1 Å². The van der Waals surface area contributed by atoms with Crippen molar-refractivity contribution >= 4 is 22.0 Å². The highest BCUT2D eigenvalue weighted by Crippen LogP contribution is 2.45. The summed E-state index contributed by atoms with van der Waals surface area (Å²) in [6.45, 7) is 2.92. The van der Waals surface area contributed by atoms with E-state index in [4.69, 9.17) is 14.2 Å². The number of rotatable bonds is 7. The number of fused-ring (bicyclic) bond motifs is 1. The van der Waals surface area contributed by atoms with E-state index in [9.17, 15) is 9.50 Å². The fourth-order valence-electron chi connectivity index (χ4n) is 4.55. The van der Waals surface area contributed by atoms with Gasteiger partial charge in [-0.3, -0.25) is 4.90 Å². The molecular formula is C24H26FN5O4S. The van der Waals surface area contributed by atoms with Gasteiger partial charge in [0.1, 0.15) is 12.1 Å². The maximum Gasteiger partial charge on any atom is 0.230 e. The second kappa shape index (κ2) is 9.59. The Morgan fingerprint density at radius 3 is 2.20 bits per heavy atom. The zero-order valence-corrected chi connectivity index (χ0v) is 20.5. The SMILES string of the molecule is COc1cc([C@@H](c2sc3ncnn3c2O)N2CCN(c3ccc(F)cc3)CC2)cc(OC)c1OC. The highest BCUT2D eigenvalue weighted by molar-refractivity contribution is 7.17. The Morgan fingerprint density at radius 1 is 0.971 bits per heavy atom. The predicted octanol–water partition coefficient (Wildman–Crippen LogP) is 3.57. The van der Waals surface area contributed by atoms with Gasteiger partial charge in [0, 0.05) is 31.9 Å². The maximum absolute atomic E-state index is 13.4. The van der Waals surface area contributed by atoms with Crippen LogP contribution in [0.25, 0.3) is 4.96 Å². The number of hydrogen-bond acceptors (Lipinski definition) is 9. The van der Waals surface area contributed by atoms with Crippen LogP contribution in [0.2, 0.25) is 0 Å². The maximum atomic E-state index is 13.4. The topological polar surface area (TPSA) is 84.6 Å². The zero-order chi connectivity index (χ0) is 24.5. The van der Waals surface area contributed by atoms with Gasteiger partial charge in [-0.15, -0.1) is 0 Å². The molecule has 0 amide bonds. The monoisotopic (exact) mass is 499 g/mol. The first-order chi connectivity index (χ1) is 17.0. The third-order valence-corrected chi connectivity index (χ3v) is 7.35. The number of aromatic hydroxyl groups is 1. The molecule has 0 radical (unpaired) electrons. The lowest BCUT2D eigenvalue weighted by Crippen LogP contribution is -2.47. The first-order valence-electron chi connectivity index (χ1n) is 11.1. The average molecular weight is 500 g/mol. The zero-order valence-electron chi connectivity index (χ0n) is 19.6. The van der Waals surface area contributed by atoms with E-state index in [1.54, 1.807) is 33.5 Å². The van der Waals surface area contributed by atoms with Gasteiger partial charge in [0.25, 0.3) is 0 Å². The van der Waals surface area contributed by atoms with Crippen LogP contribution in [0.1, 0.15) is 16.5 Å². The Labute approximate surface area is 205 Å². The van der Waals surface area contributed by atoms with Crippen molar-refractivity contribution < 1.29 is 23.7 Å². The molecule has 184 valence electrons. The standard InChI is InChI=1S/C24H26FN5O4S/c1-32-18-12-15(13-19(33-2)21(18)34-3)20(22-23(31)30-24(35-22)26-14-27-30)29-10-8-28(9-11-29)17-6-4-16(25)5-7-17/h4-7,12-14,20,31H,8-11H2,1-3H3/t20-/m0/s1. The van der Waals surface area contributed by atoms with Crippen LogP contribution in [0, 0.1) is 5.82 Å². The van der Waals surface area contributed by atoms with Crippen molar-refractivity contribution in [1.29, 1.82) is 0 Å². The first-order valence-corrected chi connectivity index (χ1v) is 11.9. The van der Waals surface area contributed by atoms with E-state index in [0.29, 0.717) is 35.3 Å². The molecule has 1 aliphatic heterocycles. The molecule has 0 saturated carbocycles. The van der Waals surface area contributed by atoms with Crippen molar-refractivity contribution in [2.75, 3.05) is 52.4 Å². The van der Waals surface area contributed by atoms with Gasteiger partial charge < -0.3 is 24.2 Å². The average Bonchev–Trinajstić information content (AvgIpc) is 3.47. The second-order valence-corrected chi connectivity index (χ2v) is 9.11. The number of aromatic nitrogens is 3. The van der Waals surface area contributed by atoms with E-state index >= 15 is 0 Å². The van der Waals surface area contributed by atoms with Crippen molar-refractivity contribution in [3.63, 3.8) is 0 Å². The van der Waals surface area contributed by atoms with Crippen molar-refractivity contribution in [2.24, 2.45) is 0 Å². The fraction of sp³-hybridized carbons (Fsp3) is 0.333. The van der Waals surface area contributed by atoms with Crippen molar-refractivity contribution in [1.82, 2.24) is 19.5 Å². The van der Waals surface area contributed by atoms with E-state index in [1.807, 2.05) is 12.1 Å². The lowest BCUT2D eigenvalue weighted by molar-refractivity contribution is 0.210. The summed E-state index contributed by atoms with van der Waals surface area (Å²) in [6, 6.07) is 10.1. The molecule has 4 aromatic rings. The van der Waals surface area contributed by atoms with Gasteiger partial charge in [0.15, 0.2) is 11.5 Å². The van der Waals surface area contributed by atoms with E-state index in [0.717, 1.165) is 29.2 Å². The summed E-state index contributed by atoms with van der Waals surface area (Å²) in [5, 5.41) is 15.2. The summed E-state index contributed by atoms with van der Waals surface area (Å²) in [5.41, 5.74) is 1.87. The normalized spacial score (nSPS) is 15.4. The van der Waals surface area contributed by atoms with Gasteiger partial charge in [-0.05, 0) is 42.0 Å². The Hall–Kier alpha value is -3.57. The van der Waals surface area contributed by atoms with Gasteiger partial charge in [-0.25, -0.2) is 9.37 Å². The molecule has 11 heteroatoms. The van der Waals surface area contributed by atoms with Crippen LogP contribution in [-0.2, 0) is 0 Å². The molecule has 0 bridgehead atoms. The van der Waals surface area contributed by atoms with E-state index in [1.165, 1.54) is 34.3 Å². The number of hydrogen-bond donors (Lipinski definition) is 1. The van der Waals surface area contributed by atoms with E-state index < -0.39 is 0 Å². The van der Waals surface area contributed by atoms with Crippen molar-refractivity contribution in [2.45, 2.75) is 6.04 Å². The molecule has 1 N–H and O–H groups in total. The predicted molar refractivity (Wildman–Crippen MR) is 131 cm³/mol. The van der Waals surface area contributed by atoms with Crippen LogP contribution < -0.4 is 19.1 Å². The smallest absolute Gasteiger partial charge is 0.230 e. The number of halogens is 1. The summed E-state index contributed by atoms with van der Waals surface area (Å²) in [5.74, 6) is 1.39. The molecule has 2 aromatic carbocycles. The molecule has 2 aromatic heterocycles. The Balaban J connectivity index is 1.53. The van der Waals surface area contributed by atoms with Gasteiger partial charge in [-0.1, -0.05) is 11.3 Å². The number of anilines is 1. The third kappa shape index (κ3) is 4.21. The molecule has 1 atom stereocenters. The van der Waals surface area contributed by atoms with Crippen LogP contribution in [0.4, 0.5) is 10.1 Å². The lowest BCUT2D eigenvalue weighted by Gasteiger charge is -2.40. The number of ether oxygens (including phenoxy) is 3. The molecule has 0 spiro atoms. The summed E-state index contributed by atoms with van der Waals surface area (Å²) in [4.78, 5) is 10.1. The Bertz CT molecular complexity index is 1290. The van der Waals surface area contributed by atoms with E-state index in [2.05, 4.69) is 19.9 Å². The molecular weight excluding hydrogens is 473 g/mol. The van der Waals surface area contributed by atoms with E-state index in [-0.39, 0.29) is 17.7 Å². The minimum absolute atomic E-state index is 0.0576. The molecule has 1 aliphatic rings. The molecule has 9 nitrogen and oxygen atoms in total. The second-order valence-electron chi connectivity index (χ2n) is 8.10. The fourth-order valence-corrected chi connectivity index (χ4v) is 5.64. The number of thiazole rings is 1. The van der Waals surface area contributed by atoms with Gasteiger partial charge in [0.2, 0.25) is 16.6 Å². The van der Waals surface area contributed by atoms with Gasteiger partial charge in [-0.2, -0.15) is 9.61 Å². The molecule has 5 rings (SSSR count). The Kier molecular flexibility index (Phi) is 6.35. The quantitative estimate of drug-likeness (QED) is 0.413. The van der Waals surface area contributed by atoms with Gasteiger partial charge >= 0.3 is 0 Å². The van der Waals surface area contributed by atoms with Crippen LogP contribution in [0.15, 0.2) is 42.7 Å². The third-order valence-electron chi connectivity index (χ3n) is 6.26. The number of piperazine rings is 1. The van der Waals surface area contributed by atoms with Crippen LogP contribution in [0.3, 0.4) is 0 Å². The summed E-state index contributed by atoms with van der Waals surface area (Å²) < 4.78 is 31.5. The molecule has 0 unspecified atom stereocenters. The molecule has 1 fully saturated rings. The van der Waals surface area contributed by atoms with Crippen LogP contribution in [-0.4, -0.2) is 72.1 Å². The van der Waals surface area contributed by atoms with Crippen molar-refractivity contribution in [3.05, 3.63) is 59.0 Å². The summed E-state index contributed by atoms with van der Waals surface area (Å²) in [7, 11) is 4.73. The highest BCUT2D eigenvalue weighted by atomic mass is 32.1. The molecule has 35 heavy (non-hydrogen) atoms. The summed E-state index contributed by atoms with van der Waals surface area (Å²) >= 11 is 1.39. The van der Waals surface area contributed by atoms with Crippen molar-refractivity contribution in [3.8, 4) is 23.1 Å². The molecule has 3 heterocycles. The van der Waals surface area contributed by atoms with Crippen LogP contribution >= 0.6 is 11.3 Å². The molecule has 0 aliphatic carbocycles. The Morgan fingerprint density at radius 2 is 1.63 bits per heavy atom. The number of nitrogens with zero attached hydrogens (tertiary/aromatic N) is 5. The molecule has 1 saturated heterocycles. The van der Waals surface area contributed by atoms with Gasteiger partial charge in [0.05, 0.1) is 32.2 Å². The number of methoxy groups -OCH3 is 3. The summed E-state index contributed by atoms with van der Waals surface area (Å²) in [6.07, 6.45) is 1.42. The largest absolute Gasteiger partial charge is 0.493 e.